The van der Waals surface area contributed by atoms with Crippen LogP contribution in [0.4, 0.5) is 5.82 Å². The predicted molar refractivity (Wildman–Crippen MR) is 81.1 cm³/mol. The number of fused-ring (bicyclic) bond motifs is 1. The highest BCUT2D eigenvalue weighted by atomic mass is 32.1. The first-order chi connectivity index (χ1) is 9.40. The van der Waals surface area contributed by atoms with Crippen LogP contribution in [-0.2, 0) is 6.42 Å². The van der Waals surface area contributed by atoms with Crippen molar-refractivity contribution in [3.05, 3.63) is 17.3 Å². The Balaban J connectivity index is 1.92. The molecule has 1 aliphatic heterocycles. The SMILES string of the molecule is NCCc1c(N2CCCCCCC2)nc2sccn12. The molecule has 1 fully saturated rings. The van der Waals surface area contributed by atoms with Crippen LogP contribution in [0.25, 0.3) is 4.96 Å². The zero-order chi connectivity index (χ0) is 13.1. The molecule has 0 aliphatic carbocycles. The van der Waals surface area contributed by atoms with Gasteiger partial charge in [0.05, 0.1) is 5.69 Å². The number of nitrogens with two attached hydrogens (primary N) is 1. The monoisotopic (exact) mass is 278 g/mol. The summed E-state index contributed by atoms with van der Waals surface area (Å²) in [5.41, 5.74) is 7.07. The minimum atomic E-state index is 0.685. The van der Waals surface area contributed by atoms with Crippen molar-refractivity contribution >= 4 is 22.1 Å². The molecule has 104 valence electrons. The first kappa shape index (κ1) is 12.9. The fraction of sp³-hybridized carbons (Fsp3) is 0.643. The van der Waals surface area contributed by atoms with E-state index >= 15 is 0 Å². The third-order valence-electron chi connectivity index (χ3n) is 3.88. The van der Waals surface area contributed by atoms with Gasteiger partial charge in [-0.1, -0.05) is 19.3 Å². The molecule has 2 aromatic rings. The van der Waals surface area contributed by atoms with Gasteiger partial charge >= 0.3 is 0 Å². The second kappa shape index (κ2) is 5.92. The number of anilines is 1. The van der Waals surface area contributed by atoms with Crippen LogP contribution in [0.5, 0.6) is 0 Å². The highest BCUT2D eigenvalue weighted by Crippen LogP contribution is 2.26. The van der Waals surface area contributed by atoms with Gasteiger partial charge in [0.2, 0.25) is 0 Å². The summed E-state index contributed by atoms with van der Waals surface area (Å²) < 4.78 is 2.21. The Bertz CT molecular complexity index is 523. The van der Waals surface area contributed by atoms with Crippen molar-refractivity contribution in [3.8, 4) is 0 Å². The van der Waals surface area contributed by atoms with Crippen molar-refractivity contribution in [3.63, 3.8) is 0 Å². The third kappa shape index (κ3) is 2.62. The lowest BCUT2D eigenvalue weighted by Crippen LogP contribution is -2.28. The fourth-order valence-electron chi connectivity index (χ4n) is 2.90. The van der Waals surface area contributed by atoms with E-state index in [-0.39, 0.29) is 0 Å². The van der Waals surface area contributed by atoms with Crippen LogP contribution in [0.3, 0.4) is 0 Å². The second-order valence-electron chi connectivity index (χ2n) is 5.23. The summed E-state index contributed by atoms with van der Waals surface area (Å²) in [5, 5.41) is 2.10. The van der Waals surface area contributed by atoms with Gasteiger partial charge < -0.3 is 10.6 Å². The number of rotatable bonds is 3. The molecule has 0 radical (unpaired) electrons. The Labute approximate surface area is 118 Å². The zero-order valence-corrected chi connectivity index (χ0v) is 12.2. The molecule has 3 rings (SSSR count). The molecule has 0 atom stereocenters. The second-order valence-corrected chi connectivity index (χ2v) is 6.10. The van der Waals surface area contributed by atoms with Crippen LogP contribution in [0.15, 0.2) is 11.6 Å². The molecule has 5 heteroatoms. The first-order valence-corrected chi connectivity index (χ1v) is 8.17. The van der Waals surface area contributed by atoms with E-state index in [1.54, 1.807) is 11.3 Å². The number of nitrogens with zero attached hydrogens (tertiary/aromatic N) is 3. The lowest BCUT2D eigenvalue weighted by Gasteiger charge is -2.25. The molecule has 0 unspecified atom stereocenters. The molecule has 0 saturated carbocycles. The van der Waals surface area contributed by atoms with E-state index in [9.17, 15) is 0 Å². The van der Waals surface area contributed by atoms with Crippen LogP contribution in [0.1, 0.15) is 37.8 Å². The lowest BCUT2D eigenvalue weighted by atomic mass is 10.1. The summed E-state index contributed by atoms with van der Waals surface area (Å²) >= 11 is 1.71. The molecule has 2 N–H and O–H groups in total. The molecule has 0 aromatic carbocycles. The normalized spacial score (nSPS) is 17.6. The van der Waals surface area contributed by atoms with Crippen LogP contribution >= 0.6 is 11.3 Å². The lowest BCUT2D eigenvalue weighted by molar-refractivity contribution is 0.553. The number of aromatic nitrogens is 2. The van der Waals surface area contributed by atoms with Crippen LogP contribution in [0.2, 0.25) is 0 Å². The summed E-state index contributed by atoms with van der Waals surface area (Å²) in [7, 11) is 0. The van der Waals surface area contributed by atoms with Gasteiger partial charge in [-0.05, 0) is 19.4 Å². The summed E-state index contributed by atoms with van der Waals surface area (Å²) in [6.45, 7) is 2.97. The van der Waals surface area contributed by atoms with Gasteiger partial charge in [0.1, 0.15) is 0 Å². The van der Waals surface area contributed by atoms with Gasteiger partial charge in [-0.2, -0.15) is 0 Å². The minimum Gasteiger partial charge on any atom is -0.355 e. The van der Waals surface area contributed by atoms with Crippen molar-refractivity contribution in [2.24, 2.45) is 5.73 Å². The first-order valence-electron chi connectivity index (χ1n) is 7.29. The highest BCUT2D eigenvalue weighted by molar-refractivity contribution is 7.15. The molecule has 1 aliphatic rings. The van der Waals surface area contributed by atoms with E-state index in [1.807, 2.05) is 0 Å². The van der Waals surface area contributed by atoms with E-state index in [0.29, 0.717) is 6.54 Å². The predicted octanol–water partition coefficient (Wildman–Crippen LogP) is 2.67. The number of hydrogen-bond donors (Lipinski definition) is 1. The Kier molecular flexibility index (Phi) is 4.03. The average Bonchev–Trinajstić information content (AvgIpc) is 2.92. The number of imidazole rings is 1. The molecule has 19 heavy (non-hydrogen) atoms. The zero-order valence-electron chi connectivity index (χ0n) is 11.3. The Morgan fingerprint density at radius 2 is 1.89 bits per heavy atom. The summed E-state index contributed by atoms with van der Waals surface area (Å²) in [4.78, 5) is 8.41. The molecule has 1 saturated heterocycles. The maximum Gasteiger partial charge on any atom is 0.195 e. The van der Waals surface area contributed by atoms with Crippen molar-refractivity contribution < 1.29 is 0 Å². The van der Waals surface area contributed by atoms with Crippen molar-refractivity contribution in [2.45, 2.75) is 38.5 Å². The van der Waals surface area contributed by atoms with E-state index < -0.39 is 0 Å². The average molecular weight is 278 g/mol. The van der Waals surface area contributed by atoms with Gasteiger partial charge in [0, 0.05) is 31.1 Å². The number of hydrogen-bond acceptors (Lipinski definition) is 4. The van der Waals surface area contributed by atoms with E-state index in [2.05, 4.69) is 20.9 Å². The fourth-order valence-corrected chi connectivity index (χ4v) is 3.63. The van der Waals surface area contributed by atoms with Crippen molar-refractivity contribution in [1.82, 2.24) is 9.38 Å². The smallest absolute Gasteiger partial charge is 0.195 e. The van der Waals surface area contributed by atoms with E-state index in [4.69, 9.17) is 10.7 Å². The van der Waals surface area contributed by atoms with E-state index in [0.717, 1.165) is 24.5 Å². The molecular weight excluding hydrogens is 256 g/mol. The van der Waals surface area contributed by atoms with Gasteiger partial charge in [-0.25, -0.2) is 4.98 Å². The quantitative estimate of drug-likeness (QED) is 0.939. The molecule has 0 amide bonds. The van der Waals surface area contributed by atoms with Gasteiger partial charge in [0.25, 0.3) is 0 Å². The molecule has 3 heterocycles. The van der Waals surface area contributed by atoms with E-state index in [1.165, 1.54) is 43.6 Å². The number of thiazole rings is 1. The minimum absolute atomic E-state index is 0.685. The largest absolute Gasteiger partial charge is 0.355 e. The molecule has 4 nitrogen and oxygen atoms in total. The molecular formula is C14H22N4S. The topological polar surface area (TPSA) is 46.6 Å². The van der Waals surface area contributed by atoms with Gasteiger partial charge in [-0.3, -0.25) is 4.40 Å². The molecule has 2 aromatic heterocycles. The summed E-state index contributed by atoms with van der Waals surface area (Å²) in [6, 6.07) is 0. The van der Waals surface area contributed by atoms with Crippen LogP contribution in [-0.4, -0.2) is 29.0 Å². The standard InChI is InChI=1S/C14H22N4S/c15-7-6-12-13(16-14-18(12)10-11-19-14)17-8-4-2-1-3-5-9-17/h10-11H,1-9,15H2. The van der Waals surface area contributed by atoms with Gasteiger partial charge in [0.15, 0.2) is 10.8 Å². The third-order valence-corrected chi connectivity index (χ3v) is 4.63. The van der Waals surface area contributed by atoms with Crippen molar-refractivity contribution in [1.29, 1.82) is 0 Å². The summed E-state index contributed by atoms with van der Waals surface area (Å²) in [6.07, 6.45) is 9.69. The van der Waals surface area contributed by atoms with Crippen molar-refractivity contribution in [2.75, 3.05) is 24.5 Å². The van der Waals surface area contributed by atoms with Crippen LogP contribution in [0, 0.1) is 0 Å². The summed E-state index contributed by atoms with van der Waals surface area (Å²) in [5.74, 6) is 1.18. The Morgan fingerprint density at radius 3 is 2.63 bits per heavy atom. The maximum atomic E-state index is 5.78. The highest BCUT2D eigenvalue weighted by Gasteiger charge is 2.18. The maximum absolute atomic E-state index is 5.78. The molecule has 0 bridgehead atoms. The van der Waals surface area contributed by atoms with Crippen LogP contribution < -0.4 is 10.6 Å². The molecule has 0 spiro atoms. The Hall–Kier alpha value is -1.07. The Morgan fingerprint density at radius 1 is 1.16 bits per heavy atom. The van der Waals surface area contributed by atoms with Gasteiger partial charge in [-0.15, -0.1) is 11.3 Å².